The minimum Gasteiger partial charge on any atom is -0.481 e. The summed E-state index contributed by atoms with van der Waals surface area (Å²) < 4.78 is 0. The number of carboxylic acids is 1. The Morgan fingerprint density at radius 1 is 1.11 bits per heavy atom. The second kappa shape index (κ2) is 8.08. The van der Waals surface area contributed by atoms with Crippen molar-refractivity contribution in [3.8, 4) is 0 Å². The molecular weight excluding hydrogens is 232 g/mol. The fourth-order valence-electron chi connectivity index (χ4n) is 1.98. The van der Waals surface area contributed by atoms with E-state index in [0.717, 1.165) is 6.42 Å². The molecule has 0 aliphatic rings. The van der Waals surface area contributed by atoms with E-state index in [9.17, 15) is 9.59 Å². The van der Waals surface area contributed by atoms with Crippen molar-refractivity contribution in [3.05, 3.63) is 0 Å². The number of carbonyl (C=O) groups is 2. The van der Waals surface area contributed by atoms with Gasteiger partial charge in [-0.3, -0.25) is 14.6 Å². The van der Waals surface area contributed by atoms with Crippen LogP contribution in [-0.4, -0.2) is 28.5 Å². The molecule has 1 unspecified atom stereocenters. The van der Waals surface area contributed by atoms with Crippen molar-refractivity contribution in [2.45, 2.75) is 47.0 Å². The van der Waals surface area contributed by atoms with E-state index in [1.807, 2.05) is 27.7 Å². The van der Waals surface area contributed by atoms with Gasteiger partial charge in [0.2, 0.25) is 5.91 Å². The van der Waals surface area contributed by atoms with Gasteiger partial charge in [-0.25, -0.2) is 5.84 Å². The van der Waals surface area contributed by atoms with E-state index in [-0.39, 0.29) is 24.2 Å². The Morgan fingerprint density at radius 2 is 1.67 bits per heavy atom. The minimum atomic E-state index is -0.842. The number of hydrogen-bond donors (Lipinski definition) is 2. The molecule has 1 atom stereocenters. The molecule has 0 aromatic heterocycles. The van der Waals surface area contributed by atoms with Crippen LogP contribution in [0.3, 0.4) is 0 Å². The molecule has 3 N–H and O–H groups in total. The lowest BCUT2D eigenvalue weighted by Gasteiger charge is -2.24. The van der Waals surface area contributed by atoms with E-state index in [2.05, 4.69) is 0 Å². The molecule has 0 saturated heterocycles. The predicted molar refractivity (Wildman–Crippen MR) is 70.6 cm³/mol. The maximum absolute atomic E-state index is 11.7. The van der Waals surface area contributed by atoms with Crippen molar-refractivity contribution in [1.82, 2.24) is 5.01 Å². The summed E-state index contributed by atoms with van der Waals surface area (Å²) in [7, 11) is 0. The van der Waals surface area contributed by atoms with Gasteiger partial charge in [0, 0.05) is 19.4 Å². The van der Waals surface area contributed by atoms with Gasteiger partial charge in [-0.15, -0.1) is 0 Å². The Morgan fingerprint density at radius 3 is 2.06 bits per heavy atom. The van der Waals surface area contributed by atoms with Crippen molar-refractivity contribution >= 4 is 11.9 Å². The summed E-state index contributed by atoms with van der Waals surface area (Å²) in [5.74, 6) is 5.31. The number of hydrazine groups is 1. The number of aliphatic carboxylic acids is 1. The van der Waals surface area contributed by atoms with Gasteiger partial charge in [0.25, 0.3) is 0 Å². The van der Waals surface area contributed by atoms with E-state index in [1.165, 1.54) is 5.01 Å². The SMILES string of the molecule is CC(C)CC(=O)N(N)CC(CC(=O)O)CC(C)C. The number of nitrogens with two attached hydrogens (primary N) is 1. The van der Waals surface area contributed by atoms with Crippen LogP contribution in [0.25, 0.3) is 0 Å². The molecule has 106 valence electrons. The van der Waals surface area contributed by atoms with Crippen molar-refractivity contribution in [1.29, 1.82) is 0 Å². The summed E-state index contributed by atoms with van der Waals surface area (Å²) >= 11 is 0. The fourth-order valence-corrected chi connectivity index (χ4v) is 1.98. The lowest BCUT2D eigenvalue weighted by atomic mass is 9.94. The molecule has 0 aromatic carbocycles. The fraction of sp³-hybridized carbons (Fsp3) is 0.846. The lowest BCUT2D eigenvalue weighted by molar-refractivity contribution is -0.140. The summed E-state index contributed by atoms with van der Waals surface area (Å²) in [4.78, 5) is 22.5. The van der Waals surface area contributed by atoms with Crippen LogP contribution < -0.4 is 5.84 Å². The zero-order chi connectivity index (χ0) is 14.3. The van der Waals surface area contributed by atoms with Crippen LogP contribution in [0.1, 0.15) is 47.0 Å². The van der Waals surface area contributed by atoms with Crippen molar-refractivity contribution < 1.29 is 14.7 Å². The molecule has 0 aliphatic heterocycles. The van der Waals surface area contributed by atoms with Gasteiger partial charge in [-0.2, -0.15) is 0 Å². The average molecular weight is 258 g/mol. The lowest BCUT2D eigenvalue weighted by Crippen LogP contribution is -2.42. The van der Waals surface area contributed by atoms with E-state index in [0.29, 0.717) is 18.9 Å². The molecule has 5 nitrogen and oxygen atoms in total. The van der Waals surface area contributed by atoms with Crippen molar-refractivity contribution in [3.63, 3.8) is 0 Å². The number of hydrogen-bond acceptors (Lipinski definition) is 3. The second-order valence-electron chi connectivity index (χ2n) is 5.74. The number of carboxylic acid groups (broad SMARTS) is 1. The van der Waals surface area contributed by atoms with Gasteiger partial charge in [-0.1, -0.05) is 27.7 Å². The quantitative estimate of drug-likeness (QED) is 0.395. The average Bonchev–Trinajstić information content (AvgIpc) is 2.13. The summed E-state index contributed by atoms with van der Waals surface area (Å²) in [6, 6.07) is 0. The summed E-state index contributed by atoms with van der Waals surface area (Å²) in [6.07, 6.45) is 1.22. The maximum atomic E-state index is 11.7. The van der Waals surface area contributed by atoms with Crippen molar-refractivity contribution in [2.75, 3.05) is 6.54 Å². The minimum absolute atomic E-state index is 0.0564. The number of carbonyl (C=O) groups excluding carboxylic acids is 1. The van der Waals surface area contributed by atoms with E-state index in [4.69, 9.17) is 10.9 Å². The van der Waals surface area contributed by atoms with Gasteiger partial charge < -0.3 is 5.11 Å². The van der Waals surface area contributed by atoms with Crippen LogP contribution in [0, 0.1) is 17.8 Å². The molecule has 0 bridgehead atoms. The van der Waals surface area contributed by atoms with Crippen LogP contribution in [0.4, 0.5) is 0 Å². The van der Waals surface area contributed by atoms with E-state index < -0.39 is 5.97 Å². The Hall–Kier alpha value is -1.10. The highest BCUT2D eigenvalue weighted by Gasteiger charge is 2.20. The Kier molecular flexibility index (Phi) is 7.59. The van der Waals surface area contributed by atoms with Crippen LogP contribution in [-0.2, 0) is 9.59 Å². The molecule has 0 radical (unpaired) electrons. The third kappa shape index (κ3) is 8.06. The maximum Gasteiger partial charge on any atom is 0.303 e. The van der Waals surface area contributed by atoms with Gasteiger partial charge in [0.1, 0.15) is 0 Å². The zero-order valence-electron chi connectivity index (χ0n) is 11.8. The Balaban J connectivity index is 4.37. The number of amides is 1. The van der Waals surface area contributed by atoms with E-state index >= 15 is 0 Å². The molecule has 18 heavy (non-hydrogen) atoms. The van der Waals surface area contributed by atoms with Crippen LogP contribution in [0.15, 0.2) is 0 Å². The van der Waals surface area contributed by atoms with Gasteiger partial charge in [0.15, 0.2) is 0 Å². The number of rotatable bonds is 8. The van der Waals surface area contributed by atoms with Crippen LogP contribution >= 0.6 is 0 Å². The third-order valence-corrected chi connectivity index (χ3v) is 2.63. The first-order valence-electron chi connectivity index (χ1n) is 6.49. The highest BCUT2D eigenvalue weighted by molar-refractivity contribution is 5.75. The Bertz CT molecular complexity index is 277. The highest BCUT2D eigenvalue weighted by Crippen LogP contribution is 2.17. The molecule has 0 heterocycles. The van der Waals surface area contributed by atoms with Gasteiger partial charge >= 0.3 is 5.97 Å². The number of nitrogens with zero attached hydrogens (tertiary/aromatic N) is 1. The molecule has 0 saturated carbocycles. The summed E-state index contributed by atoms with van der Waals surface area (Å²) in [6.45, 7) is 8.29. The molecule has 0 spiro atoms. The third-order valence-electron chi connectivity index (χ3n) is 2.63. The normalized spacial score (nSPS) is 12.8. The molecular formula is C13H26N2O3. The van der Waals surface area contributed by atoms with Crippen LogP contribution in [0.2, 0.25) is 0 Å². The first-order chi connectivity index (χ1) is 8.22. The monoisotopic (exact) mass is 258 g/mol. The summed E-state index contributed by atoms with van der Waals surface area (Å²) in [5, 5.41) is 10.0. The molecule has 5 heteroatoms. The first-order valence-corrected chi connectivity index (χ1v) is 6.49. The standard InChI is InChI=1S/C13H26N2O3/c1-9(2)5-11(7-13(17)18)8-15(14)12(16)6-10(3)4/h9-11H,5-8,14H2,1-4H3,(H,17,18). The largest absolute Gasteiger partial charge is 0.481 e. The second-order valence-corrected chi connectivity index (χ2v) is 5.74. The van der Waals surface area contributed by atoms with Crippen molar-refractivity contribution in [2.24, 2.45) is 23.6 Å². The Labute approximate surface area is 109 Å². The molecule has 0 aromatic rings. The van der Waals surface area contributed by atoms with E-state index in [1.54, 1.807) is 0 Å². The summed E-state index contributed by atoms with van der Waals surface area (Å²) in [5.41, 5.74) is 0. The van der Waals surface area contributed by atoms with Crippen LogP contribution in [0.5, 0.6) is 0 Å². The van der Waals surface area contributed by atoms with Gasteiger partial charge in [0.05, 0.1) is 0 Å². The highest BCUT2D eigenvalue weighted by atomic mass is 16.4. The topological polar surface area (TPSA) is 83.6 Å². The zero-order valence-corrected chi connectivity index (χ0v) is 11.8. The van der Waals surface area contributed by atoms with Gasteiger partial charge in [-0.05, 0) is 24.2 Å². The molecule has 0 fully saturated rings. The molecule has 0 rings (SSSR count). The first kappa shape index (κ1) is 16.9. The molecule has 0 aliphatic carbocycles. The predicted octanol–water partition coefficient (Wildman–Crippen LogP) is 1.87. The smallest absolute Gasteiger partial charge is 0.303 e. The molecule has 1 amide bonds.